The van der Waals surface area contributed by atoms with Gasteiger partial charge in [0.2, 0.25) is 10.0 Å². The summed E-state index contributed by atoms with van der Waals surface area (Å²) >= 11 is 0. The van der Waals surface area contributed by atoms with E-state index in [2.05, 4.69) is 19.9 Å². The molecule has 0 radical (unpaired) electrons. The SMILES string of the molecule is O=C(Nc1ccncc1)c1cccc(Cc2cccc(S(=O)(=O)NCCN3CCCCC3)c2)c1. The van der Waals surface area contributed by atoms with Gasteiger partial charge in [0.15, 0.2) is 0 Å². The second-order valence-corrected chi connectivity index (χ2v) is 10.3. The molecule has 178 valence electrons. The number of aromatic nitrogens is 1. The van der Waals surface area contributed by atoms with Gasteiger partial charge in [-0.2, -0.15) is 0 Å². The van der Waals surface area contributed by atoms with Crippen LogP contribution in [0.25, 0.3) is 0 Å². The molecule has 8 heteroatoms. The minimum absolute atomic E-state index is 0.206. The molecule has 1 aliphatic heterocycles. The van der Waals surface area contributed by atoms with Crippen LogP contribution in [0.5, 0.6) is 0 Å². The highest BCUT2D eigenvalue weighted by Gasteiger charge is 2.16. The zero-order chi connectivity index (χ0) is 23.8. The van der Waals surface area contributed by atoms with Crippen molar-refractivity contribution < 1.29 is 13.2 Å². The predicted molar refractivity (Wildman–Crippen MR) is 133 cm³/mol. The average Bonchev–Trinajstić information content (AvgIpc) is 2.85. The summed E-state index contributed by atoms with van der Waals surface area (Å²) in [6, 6.07) is 17.8. The molecule has 2 N–H and O–H groups in total. The highest BCUT2D eigenvalue weighted by Crippen LogP contribution is 2.17. The lowest BCUT2D eigenvalue weighted by molar-refractivity contribution is 0.102. The lowest BCUT2D eigenvalue weighted by Crippen LogP contribution is -2.37. The third kappa shape index (κ3) is 6.72. The Kier molecular flexibility index (Phi) is 8.05. The number of anilines is 1. The van der Waals surface area contributed by atoms with Crippen molar-refractivity contribution in [2.45, 2.75) is 30.6 Å². The number of piperidine rings is 1. The van der Waals surface area contributed by atoms with Crippen LogP contribution in [0.4, 0.5) is 5.69 Å². The van der Waals surface area contributed by atoms with Crippen molar-refractivity contribution in [2.24, 2.45) is 0 Å². The van der Waals surface area contributed by atoms with Crippen molar-refractivity contribution in [1.82, 2.24) is 14.6 Å². The molecule has 0 spiro atoms. The molecular weight excluding hydrogens is 448 g/mol. The monoisotopic (exact) mass is 478 g/mol. The number of pyridine rings is 1. The van der Waals surface area contributed by atoms with E-state index in [0.29, 0.717) is 24.2 Å². The molecule has 1 aliphatic rings. The van der Waals surface area contributed by atoms with Crippen molar-refractivity contribution in [3.63, 3.8) is 0 Å². The molecule has 0 unspecified atom stereocenters. The van der Waals surface area contributed by atoms with E-state index in [1.807, 2.05) is 24.3 Å². The van der Waals surface area contributed by atoms with E-state index in [9.17, 15) is 13.2 Å². The molecule has 7 nitrogen and oxygen atoms in total. The minimum Gasteiger partial charge on any atom is -0.322 e. The number of rotatable bonds is 9. The Morgan fingerprint density at radius 3 is 2.38 bits per heavy atom. The van der Waals surface area contributed by atoms with Crippen molar-refractivity contribution in [2.75, 3.05) is 31.5 Å². The first-order chi connectivity index (χ1) is 16.5. The molecule has 0 atom stereocenters. The number of amides is 1. The van der Waals surface area contributed by atoms with Crippen LogP contribution in [-0.4, -0.2) is 50.4 Å². The predicted octanol–water partition coefficient (Wildman–Crippen LogP) is 3.69. The van der Waals surface area contributed by atoms with Gasteiger partial charge in [0, 0.05) is 36.7 Å². The highest BCUT2D eigenvalue weighted by atomic mass is 32.2. The van der Waals surface area contributed by atoms with E-state index in [1.54, 1.807) is 48.8 Å². The van der Waals surface area contributed by atoms with Crippen LogP contribution in [-0.2, 0) is 16.4 Å². The number of likely N-dealkylation sites (tertiary alicyclic amines) is 1. The quantitative estimate of drug-likeness (QED) is 0.490. The molecule has 2 aromatic carbocycles. The molecule has 3 aromatic rings. The number of hydrogen-bond donors (Lipinski definition) is 2. The van der Waals surface area contributed by atoms with Crippen LogP contribution >= 0.6 is 0 Å². The van der Waals surface area contributed by atoms with Gasteiger partial charge in [-0.05, 0) is 79.9 Å². The molecule has 1 fully saturated rings. The van der Waals surface area contributed by atoms with Crippen LogP contribution in [0.15, 0.2) is 78.0 Å². The third-order valence-corrected chi connectivity index (χ3v) is 7.37. The van der Waals surface area contributed by atoms with Crippen molar-refractivity contribution in [1.29, 1.82) is 0 Å². The van der Waals surface area contributed by atoms with Gasteiger partial charge in [0.05, 0.1) is 4.90 Å². The minimum atomic E-state index is -3.58. The van der Waals surface area contributed by atoms with E-state index in [4.69, 9.17) is 0 Å². The van der Waals surface area contributed by atoms with Crippen molar-refractivity contribution >= 4 is 21.6 Å². The number of hydrogen-bond acceptors (Lipinski definition) is 5. The van der Waals surface area contributed by atoms with Crippen LogP contribution in [0.3, 0.4) is 0 Å². The Bertz CT molecular complexity index is 1210. The lowest BCUT2D eigenvalue weighted by atomic mass is 10.0. The van der Waals surface area contributed by atoms with Gasteiger partial charge in [0.1, 0.15) is 0 Å². The van der Waals surface area contributed by atoms with Crippen LogP contribution < -0.4 is 10.0 Å². The number of carbonyl (C=O) groups excluding carboxylic acids is 1. The molecule has 34 heavy (non-hydrogen) atoms. The molecule has 1 amide bonds. The molecule has 1 aromatic heterocycles. The molecule has 4 rings (SSSR count). The van der Waals surface area contributed by atoms with Gasteiger partial charge in [-0.1, -0.05) is 30.7 Å². The van der Waals surface area contributed by atoms with E-state index >= 15 is 0 Å². The largest absolute Gasteiger partial charge is 0.322 e. The maximum atomic E-state index is 12.8. The number of sulfonamides is 1. The third-order valence-electron chi connectivity index (χ3n) is 5.91. The lowest BCUT2D eigenvalue weighted by Gasteiger charge is -2.26. The number of nitrogens with zero attached hydrogens (tertiary/aromatic N) is 2. The number of benzene rings is 2. The Hall–Kier alpha value is -3.07. The van der Waals surface area contributed by atoms with Gasteiger partial charge < -0.3 is 10.2 Å². The summed E-state index contributed by atoms with van der Waals surface area (Å²) in [5.74, 6) is -0.206. The summed E-state index contributed by atoms with van der Waals surface area (Å²) in [6.45, 7) is 3.21. The second kappa shape index (κ2) is 11.4. The average molecular weight is 479 g/mol. The Balaban J connectivity index is 1.39. The Morgan fingerprint density at radius 1 is 0.912 bits per heavy atom. The summed E-state index contributed by atoms with van der Waals surface area (Å²) in [7, 11) is -3.58. The maximum Gasteiger partial charge on any atom is 0.255 e. The fraction of sp³-hybridized carbons (Fsp3) is 0.308. The maximum absolute atomic E-state index is 12.8. The smallest absolute Gasteiger partial charge is 0.255 e. The van der Waals surface area contributed by atoms with Crippen molar-refractivity contribution in [3.05, 3.63) is 89.7 Å². The fourth-order valence-corrected chi connectivity index (χ4v) is 5.21. The van der Waals surface area contributed by atoms with E-state index < -0.39 is 10.0 Å². The summed E-state index contributed by atoms with van der Waals surface area (Å²) in [5.41, 5.74) is 3.01. The van der Waals surface area contributed by atoms with E-state index in [-0.39, 0.29) is 10.8 Å². The van der Waals surface area contributed by atoms with Gasteiger partial charge in [-0.3, -0.25) is 9.78 Å². The van der Waals surface area contributed by atoms with Gasteiger partial charge >= 0.3 is 0 Å². The zero-order valence-corrected chi connectivity index (χ0v) is 19.9. The van der Waals surface area contributed by atoms with Gasteiger partial charge in [-0.15, -0.1) is 0 Å². The van der Waals surface area contributed by atoms with Crippen molar-refractivity contribution in [3.8, 4) is 0 Å². The summed E-state index contributed by atoms with van der Waals surface area (Å²) in [5, 5.41) is 2.85. The highest BCUT2D eigenvalue weighted by molar-refractivity contribution is 7.89. The molecule has 0 bridgehead atoms. The Labute approximate surface area is 201 Å². The standard InChI is InChI=1S/C26H30N4O3S/c31-26(29-24-10-12-27-13-11-24)23-8-4-6-21(19-23)18-22-7-5-9-25(20-22)34(32,33)28-14-17-30-15-2-1-3-16-30/h4-13,19-20,28H,1-3,14-18H2,(H,27,29,31). The first-order valence-corrected chi connectivity index (χ1v) is 13.1. The van der Waals surface area contributed by atoms with Gasteiger partial charge in [-0.25, -0.2) is 13.1 Å². The fourth-order valence-electron chi connectivity index (χ4n) is 4.12. The molecule has 0 saturated carbocycles. The molecule has 2 heterocycles. The summed E-state index contributed by atoms with van der Waals surface area (Å²) in [6.07, 6.45) is 7.38. The van der Waals surface area contributed by atoms with Crippen LogP contribution in [0, 0.1) is 0 Å². The first-order valence-electron chi connectivity index (χ1n) is 11.6. The summed E-state index contributed by atoms with van der Waals surface area (Å²) < 4.78 is 28.4. The second-order valence-electron chi connectivity index (χ2n) is 8.51. The topological polar surface area (TPSA) is 91.4 Å². The molecule has 1 saturated heterocycles. The molecular formula is C26H30N4O3S. The van der Waals surface area contributed by atoms with Gasteiger partial charge in [0.25, 0.3) is 5.91 Å². The number of nitrogens with one attached hydrogen (secondary N) is 2. The zero-order valence-electron chi connectivity index (χ0n) is 19.1. The van der Waals surface area contributed by atoms with E-state index in [0.717, 1.165) is 30.8 Å². The first kappa shape index (κ1) is 24.1. The molecule has 0 aliphatic carbocycles. The van der Waals surface area contributed by atoms with Crippen LogP contribution in [0.2, 0.25) is 0 Å². The van der Waals surface area contributed by atoms with E-state index in [1.165, 1.54) is 19.3 Å². The van der Waals surface area contributed by atoms with Crippen LogP contribution in [0.1, 0.15) is 40.7 Å². The summed E-state index contributed by atoms with van der Waals surface area (Å²) in [4.78, 5) is 19.1. The Morgan fingerprint density at radius 2 is 1.62 bits per heavy atom. The number of carbonyl (C=O) groups is 1. The normalized spacial score (nSPS) is 14.6.